The van der Waals surface area contributed by atoms with Crippen LogP contribution < -0.4 is 21.3 Å². The van der Waals surface area contributed by atoms with Crippen LogP contribution in [-0.2, 0) is 20.8 Å². The first-order valence-electron chi connectivity index (χ1n) is 7.73. The number of fused-ring (bicyclic) bond motifs is 1. The molecule has 1 aliphatic rings. The molecule has 1 heterocycles. The lowest BCUT2D eigenvalue weighted by Crippen LogP contribution is -2.40. The molecule has 0 radical (unpaired) electrons. The van der Waals surface area contributed by atoms with Crippen molar-refractivity contribution in [3.63, 3.8) is 0 Å². The Hall–Kier alpha value is -2.41. The normalized spacial score (nSPS) is 12.7. The Morgan fingerprint density at radius 1 is 1.13 bits per heavy atom. The van der Waals surface area contributed by atoms with Gasteiger partial charge in [-0.1, -0.05) is 18.2 Å². The van der Waals surface area contributed by atoms with Crippen molar-refractivity contribution in [3.8, 4) is 0 Å². The summed E-state index contributed by atoms with van der Waals surface area (Å²) in [5.41, 5.74) is 7.31. The van der Waals surface area contributed by atoms with Crippen LogP contribution in [0.3, 0.4) is 0 Å². The number of nitrogens with one attached hydrogen (secondary N) is 2. The lowest BCUT2D eigenvalue weighted by Gasteiger charge is -2.17. The van der Waals surface area contributed by atoms with E-state index in [0.717, 1.165) is 18.7 Å². The number of anilines is 1. The van der Waals surface area contributed by atoms with Crippen LogP contribution in [0.25, 0.3) is 0 Å². The van der Waals surface area contributed by atoms with Gasteiger partial charge >= 0.3 is 0 Å². The van der Waals surface area contributed by atoms with Gasteiger partial charge in [-0.3, -0.25) is 14.4 Å². The molecule has 3 amide bonds. The molecule has 0 spiro atoms. The number of benzene rings is 1. The fourth-order valence-corrected chi connectivity index (χ4v) is 2.51. The minimum Gasteiger partial charge on any atom is -0.355 e. The number of nitrogens with two attached hydrogens (primary N) is 1. The zero-order chi connectivity index (χ0) is 16.7. The van der Waals surface area contributed by atoms with Crippen LogP contribution in [-0.4, -0.2) is 43.9 Å². The van der Waals surface area contributed by atoms with E-state index in [2.05, 4.69) is 10.6 Å². The largest absolute Gasteiger partial charge is 0.355 e. The third kappa shape index (κ3) is 4.79. The number of amides is 3. The SMILES string of the molecule is NCC(=O)NCC(=O)NCCCC(=O)N1CCc2ccccc21. The summed E-state index contributed by atoms with van der Waals surface area (Å²) < 4.78 is 0. The minimum atomic E-state index is -0.372. The molecule has 1 aromatic rings. The number of hydrogen-bond donors (Lipinski definition) is 3. The van der Waals surface area contributed by atoms with E-state index in [4.69, 9.17) is 5.73 Å². The summed E-state index contributed by atoms with van der Waals surface area (Å²) in [6.45, 7) is 0.886. The second-order valence-electron chi connectivity index (χ2n) is 5.36. The molecule has 1 aromatic carbocycles. The van der Waals surface area contributed by atoms with Gasteiger partial charge in [-0.15, -0.1) is 0 Å². The zero-order valence-electron chi connectivity index (χ0n) is 13.0. The average molecular weight is 318 g/mol. The second kappa shape index (κ2) is 8.28. The van der Waals surface area contributed by atoms with Gasteiger partial charge in [0.05, 0.1) is 13.1 Å². The van der Waals surface area contributed by atoms with Crippen molar-refractivity contribution < 1.29 is 14.4 Å². The smallest absolute Gasteiger partial charge is 0.239 e. The van der Waals surface area contributed by atoms with Gasteiger partial charge in [0.25, 0.3) is 0 Å². The number of carbonyl (C=O) groups is 3. The van der Waals surface area contributed by atoms with Crippen molar-refractivity contribution in [2.45, 2.75) is 19.3 Å². The van der Waals surface area contributed by atoms with Crippen LogP contribution in [0.15, 0.2) is 24.3 Å². The number of para-hydroxylation sites is 1. The Kier molecular flexibility index (Phi) is 6.10. The maximum absolute atomic E-state index is 12.2. The van der Waals surface area contributed by atoms with Crippen LogP contribution in [0.4, 0.5) is 5.69 Å². The predicted molar refractivity (Wildman–Crippen MR) is 86.8 cm³/mol. The molecule has 0 saturated heterocycles. The summed E-state index contributed by atoms with van der Waals surface area (Å²) in [7, 11) is 0. The van der Waals surface area contributed by atoms with Crippen molar-refractivity contribution >= 4 is 23.4 Å². The Morgan fingerprint density at radius 3 is 2.70 bits per heavy atom. The van der Waals surface area contributed by atoms with E-state index >= 15 is 0 Å². The van der Waals surface area contributed by atoms with Gasteiger partial charge in [0, 0.05) is 25.2 Å². The number of rotatable bonds is 7. The van der Waals surface area contributed by atoms with E-state index in [9.17, 15) is 14.4 Å². The van der Waals surface area contributed by atoms with Gasteiger partial charge in [0.1, 0.15) is 0 Å². The molecule has 23 heavy (non-hydrogen) atoms. The number of hydrogen-bond acceptors (Lipinski definition) is 4. The Morgan fingerprint density at radius 2 is 1.91 bits per heavy atom. The van der Waals surface area contributed by atoms with Crippen LogP contribution in [0, 0.1) is 0 Å². The summed E-state index contributed by atoms with van der Waals surface area (Å²) in [6, 6.07) is 7.91. The Balaban J connectivity index is 1.66. The maximum Gasteiger partial charge on any atom is 0.239 e. The first-order valence-corrected chi connectivity index (χ1v) is 7.73. The quantitative estimate of drug-likeness (QED) is 0.592. The van der Waals surface area contributed by atoms with Crippen LogP contribution in [0.2, 0.25) is 0 Å². The van der Waals surface area contributed by atoms with Crippen molar-refractivity contribution in [1.82, 2.24) is 10.6 Å². The molecule has 0 aliphatic carbocycles. The second-order valence-corrected chi connectivity index (χ2v) is 5.36. The molecule has 2 rings (SSSR count). The van der Waals surface area contributed by atoms with Gasteiger partial charge < -0.3 is 21.3 Å². The van der Waals surface area contributed by atoms with Gasteiger partial charge in [-0.25, -0.2) is 0 Å². The zero-order valence-corrected chi connectivity index (χ0v) is 13.0. The highest BCUT2D eigenvalue weighted by Crippen LogP contribution is 2.27. The molecule has 0 saturated carbocycles. The van der Waals surface area contributed by atoms with Crippen LogP contribution in [0.1, 0.15) is 18.4 Å². The molecule has 7 nitrogen and oxygen atoms in total. The molecule has 0 unspecified atom stereocenters. The first-order chi connectivity index (χ1) is 11.1. The highest BCUT2D eigenvalue weighted by molar-refractivity contribution is 5.95. The number of carbonyl (C=O) groups excluding carboxylic acids is 3. The third-order valence-electron chi connectivity index (χ3n) is 3.71. The van der Waals surface area contributed by atoms with Gasteiger partial charge in [-0.2, -0.15) is 0 Å². The lowest BCUT2D eigenvalue weighted by molar-refractivity contribution is -0.125. The minimum absolute atomic E-state index is 0.0700. The average Bonchev–Trinajstić information content (AvgIpc) is 3.00. The molecule has 1 aliphatic heterocycles. The molecule has 4 N–H and O–H groups in total. The summed E-state index contributed by atoms with van der Waals surface area (Å²) >= 11 is 0. The van der Waals surface area contributed by atoms with E-state index in [1.54, 1.807) is 4.90 Å². The van der Waals surface area contributed by atoms with Crippen molar-refractivity contribution in [2.24, 2.45) is 5.73 Å². The molecule has 0 atom stereocenters. The summed E-state index contributed by atoms with van der Waals surface area (Å²) in [5, 5.41) is 5.05. The monoisotopic (exact) mass is 318 g/mol. The van der Waals surface area contributed by atoms with Gasteiger partial charge in [-0.05, 0) is 24.5 Å². The highest BCUT2D eigenvalue weighted by Gasteiger charge is 2.23. The first kappa shape index (κ1) is 17.0. The lowest BCUT2D eigenvalue weighted by atomic mass is 10.2. The predicted octanol–water partition coefficient (Wildman–Crippen LogP) is -0.453. The van der Waals surface area contributed by atoms with E-state index < -0.39 is 0 Å². The Bertz CT molecular complexity index is 588. The van der Waals surface area contributed by atoms with Crippen LogP contribution >= 0.6 is 0 Å². The van der Waals surface area contributed by atoms with E-state index in [0.29, 0.717) is 19.4 Å². The van der Waals surface area contributed by atoms with Gasteiger partial charge in [0.2, 0.25) is 17.7 Å². The van der Waals surface area contributed by atoms with E-state index in [-0.39, 0.29) is 30.8 Å². The molecule has 124 valence electrons. The Labute approximate surface area is 135 Å². The third-order valence-corrected chi connectivity index (χ3v) is 3.71. The maximum atomic E-state index is 12.2. The summed E-state index contributed by atoms with van der Waals surface area (Å²) in [5.74, 6) is -0.588. The van der Waals surface area contributed by atoms with Crippen molar-refractivity contribution in [1.29, 1.82) is 0 Å². The van der Waals surface area contributed by atoms with Crippen LogP contribution in [0.5, 0.6) is 0 Å². The van der Waals surface area contributed by atoms with Crippen molar-refractivity contribution in [2.75, 3.05) is 31.1 Å². The molecule has 0 fully saturated rings. The molecule has 7 heteroatoms. The highest BCUT2D eigenvalue weighted by atomic mass is 16.2. The van der Waals surface area contributed by atoms with E-state index in [1.165, 1.54) is 5.56 Å². The molecular weight excluding hydrogens is 296 g/mol. The molecule has 0 aromatic heterocycles. The topological polar surface area (TPSA) is 105 Å². The summed E-state index contributed by atoms with van der Waals surface area (Å²) in [4.78, 5) is 36.4. The molecule has 0 bridgehead atoms. The standard InChI is InChI=1S/C16H22N4O3/c17-10-14(21)19-11-15(22)18-8-3-6-16(23)20-9-7-12-4-1-2-5-13(12)20/h1-2,4-5H,3,6-11,17H2,(H,18,22)(H,19,21). The van der Waals surface area contributed by atoms with Gasteiger partial charge in [0.15, 0.2) is 0 Å². The summed E-state index contributed by atoms with van der Waals surface area (Å²) in [6.07, 6.45) is 1.83. The molecular formula is C16H22N4O3. The fourth-order valence-electron chi connectivity index (χ4n) is 2.51. The van der Waals surface area contributed by atoms with Crippen molar-refractivity contribution in [3.05, 3.63) is 29.8 Å². The number of nitrogens with zero attached hydrogens (tertiary/aromatic N) is 1. The van der Waals surface area contributed by atoms with E-state index in [1.807, 2.05) is 24.3 Å². The fraction of sp³-hybridized carbons (Fsp3) is 0.438.